The summed E-state index contributed by atoms with van der Waals surface area (Å²) in [5, 5.41) is 5.12. The molecule has 0 saturated carbocycles. The number of benzene rings is 5. The Morgan fingerprint density at radius 2 is 0.771 bits per heavy atom. The Kier molecular flexibility index (Phi) is 13.3. The first kappa shape index (κ1) is 35.0. The average Bonchev–Trinajstić information content (AvgIpc) is 3.13. The molecule has 0 atom stereocenters. The van der Waals surface area contributed by atoms with Crippen LogP contribution in [0, 0.1) is 0 Å². The number of hydrogen-bond donors (Lipinski definition) is 0. The highest BCUT2D eigenvalue weighted by atomic mass is 15.1. The summed E-state index contributed by atoms with van der Waals surface area (Å²) in [5.41, 5.74) is 7.62. The minimum atomic E-state index is 1.13. The quantitative estimate of drug-likeness (QED) is 0.0697. The Morgan fingerprint density at radius 1 is 0.417 bits per heavy atom. The molecule has 0 radical (unpaired) electrons. The Labute approximate surface area is 290 Å². The SMILES string of the molecule is CCCCN(CCCC)c1ccc(C=Cc2ccc(C=Cc3ccc(N(CCCC)CCCC)cc3)c3cc4ccccc4cc23)cc1. The lowest BCUT2D eigenvalue weighted by Gasteiger charge is -2.24. The van der Waals surface area contributed by atoms with Crippen molar-refractivity contribution in [3.63, 3.8) is 0 Å². The minimum absolute atomic E-state index is 1.13. The van der Waals surface area contributed by atoms with Gasteiger partial charge in [0, 0.05) is 37.6 Å². The zero-order valence-electron chi connectivity index (χ0n) is 29.9. The van der Waals surface area contributed by atoms with Gasteiger partial charge in [0.15, 0.2) is 0 Å². The molecular weight excluding hydrogens is 581 g/mol. The Hall–Kier alpha value is -4.30. The second-order valence-corrected chi connectivity index (χ2v) is 13.2. The van der Waals surface area contributed by atoms with Crippen molar-refractivity contribution in [2.75, 3.05) is 36.0 Å². The normalized spacial score (nSPS) is 11.8. The monoisotopic (exact) mass is 636 g/mol. The summed E-state index contributed by atoms with van der Waals surface area (Å²) in [6, 6.07) is 36.2. The van der Waals surface area contributed by atoms with E-state index in [0.717, 1.165) is 26.2 Å². The van der Waals surface area contributed by atoms with Crippen LogP contribution in [0.4, 0.5) is 11.4 Å². The van der Waals surface area contributed by atoms with Crippen molar-refractivity contribution < 1.29 is 0 Å². The predicted molar refractivity (Wildman–Crippen MR) is 216 cm³/mol. The first-order valence-corrected chi connectivity index (χ1v) is 18.6. The van der Waals surface area contributed by atoms with Crippen LogP contribution < -0.4 is 9.80 Å². The maximum atomic E-state index is 2.55. The van der Waals surface area contributed by atoms with E-state index in [9.17, 15) is 0 Å². The molecule has 0 N–H and O–H groups in total. The van der Waals surface area contributed by atoms with Crippen molar-refractivity contribution in [3.8, 4) is 0 Å². The van der Waals surface area contributed by atoms with E-state index in [4.69, 9.17) is 0 Å². The van der Waals surface area contributed by atoms with Gasteiger partial charge in [-0.15, -0.1) is 0 Å². The first-order valence-electron chi connectivity index (χ1n) is 18.6. The molecule has 0 amide bonds. The van der Waals surface area contributed by atoms with Gasteiger partial charge in [-0.3, -0.25) is 0 Å². The smallest absolute Gasteiger partial charge is 0.0366 e. The Balaban J connectivity index is 1.40. The summed E-state index contributed by atoms with van der Waals surface area (Å²) in [4.78, 5) is 5.10. The van der Waals surface area contributed by atoms with Gasteiger partial charge in [-0.25, -0.2) is 0 Å². The molecule has 5 aromatic carbocycles. The van der Waals surface area contributed by atoms with E-state index in [2.05, 4.69) is 159 Å². The van der Waals surface area contributed by atoms with Crippen LogP contribution in [0.25, 0.3) is 45.8 Å². The summed E-state index contributed by atoms with van der Waals surface area (Å²) < 4.78 is 0. The summed E-state index contributed by atoms with van der Waals surface area (Å²) in [6.45, 7) is 13.6. The average molecular weight is 637 g/mol. The second kappa shape index (κ2) is 18.3. The van der Waals surface area contributed by atoms with E-state index in [1.54, 1.807) is 0 Å². The number of hydrogen-bond acceptors (Lipinski definition) is 2. The van der Waals surface area contributed by atoms with Gasteiger partial charge in [0.2, 0.25) is 0 Å². The van der Waals surface area contributed by atoms with E-state index in [0.29, 0.717) is 0 Å². The molecule has 250 valence electrons. The van der Waals surface area contributed by atoms with Crippen LogP contribution in [0.15, 0.2) is 97.1 Å². The van der Waals surface area contributed by atoms with Crippen LogP contribution in [0.2, 0.25) is 0 Å². The van der Waals surface area contributed by atoms with Crippen molar-refractivity contribution in [2.24, 2.45) is 0 Å². The highest BCUT2D eigenvalue weighted by Gasteiger charge is 2.09. The molecule has 0 saturated heterocycles. The summed E-state index contributed by atoms with van der Waals surface area (Å²) >= 11 is 0. The third-order valence-electron chi connectivity index (χ3n) is 9.50. The van der Waals surface area contributed by atoms with E-state index < -0.39 is 0 Å². The van der Waals surface area contributed by atoms with Gasteiger partial charge in [0.05, 0.1) is 0 Å². The van der Waals surface area contributed by atoms with Crippen molar-refractivity contribution >= 4 is 57.2 Å². The molecule has 0 heterocycles. The fourth-order valence-electron chi connectivity index (χ4n) is 6.47. The van der Waals surface area contributed by atoms with Gasteiger partial charge in [-0.2, -0.15) is 0 Å². The molecule has 2 nitrogen and oxygen atoms in total. The lowest BCUT2D eigenvalue weighted by Crippen LogP contribution is -2.25. The molecule has 0 spiro atoms. The van der Waals surface area contributed by atoms with Gasteiger partial charge in [0.1, 0.15) is 0 Å². The van der Waals surface area contributed by atoms with E-state index in [1.807, 2.05) is 0 Å². The highest BCUT2D eigenvalue weighted by Crippen LogP contribution is 2.31. The number of rotatable bonds is 18. The molecule has 5 rings (SSSR count). The molecule has 0 aliphatic rings. The number of fused-ring (bicyclic) bond motifs is 2. The lowest BCUT2D eigenvalue weighted by atomic mass is 9.95. The van der Waals surface area contributed by atoms with Gasteiger partial charge in [-0.05, 0) is 106 Å². The maximum absolute atomic E-state index is 2.55. The third-order valence-corrected chi connectivity index (χ3v) is 9.50. The zero-order chi connectivity index (χ0) is 33.6. The molecule has 2 heteroatoms. The fraction of sp³-hybridized carbons (Fsp3) is 0.348. The van der Waals surface area contributed by atoms with Gasteiger partial charge >= 0.3 is 0 Å². The second-order valence-electron chi connectivity index (χ2n) is 13.2. The topological polar surface area (TPSA) is 6.48 Å². The van der Waals surface area contributed by atoms with Crippen LogP contribution in [-0.2, 0) is 0 Å². The van der Waals surface area contributed by atoms with E-state index >= 15 is 0 Å². The van der Waals surface area contributed by atoms with Crippen molar-refractivity contribution in [1.29, 1.82) is 0 Å². The third kappa shape index (κ3) is 9.41. The zero-order valence-corrected chi connectivity index (χ0v) is 29.9. The number of anilines is 2. The molecule has 5 aromatic rings. The Morgan fingerprint density at radius 3 is 1.10 bits per heavy atom. The molecule has 48 heavy (non-hydrogen) atoms. The van der Waals surface area contributed by atoms with Crippen LogP contribution in [0.5, 0.6) is 0 Å². The largest absolute Gasteiger partial charge is 0.372 e. The van der Waals surface area contributed by atoms with Gasteiger partial charge in [0.25, 0.3) is 0 Å². The first-order chi connectivity index (χ1) is 23.6. The summed E-state index contributed by atoms with van der Waals surface area (Å²) in [5.74, 6) is 0. The molecule has 0 fully saturated rings. The van der Waals surface area contributed by atoms with E-state index in [1.165, 1.54) is 107 Å². The molecule has 0 aliphatic heterocycles. The van der Waals surface area contributed by atoms with E-state index in [-0.39, 0.29) is 0 Å². The van der Waals surface area contributed by atoms with Crippen molar-refractivity contribution in [1.82, 2.24) is 0 Å². The van der Waals surface area contributed by atoms with Crippen LogP contribution in [0.3, 0.4) is 0 Å². The molecule has 0 bridgehead atoms. The molecule has 0 unspecified atom stereocenters. The number of nitrogens with zero attached hydrogens (tertiary/aromatic N) is 2. The molecular formula is C46H56N2. The van der Waals surface area contributed by atoms with Gasteiger partial charge in [-0.1, -0.05) is 138 Å². The Bertz CT molecular complexity index is 1610. The van der Waals surface area contributed by atoms with Crippen molar-refractivity contribution in [2.45, 2.75) is 79.1 Å². The van der Waals surface area contributed by atoms with Crippen LogP contribution >= 0.6 is 0 Å². The predicted octanol–water partition coefficient (Wildman–Crippen LogP) is 13.1. The molecule has 0 aliphatic carbocycles. The number of unbranched alkanes of at least 4 members (excludes halogenated alkanes) is 4. The summed E-state index contributed by atoms with van der Waals surface area (Å²) in [6.07, 6.45) is 19.0. The van der Waals surface area contributed by atoms with Crippen LogP contribution in [0.1, 0.15) is 101 Å². The van der Waals surface area contributed by atoms with Crippen LogP contribution in [-0.4, -0.2) is 26.2 Å². The van der Waals surface area contributed by atoms with Gasteiger partial charge < -0.3 is 9.80 Å². The lowest BCUT2D eigenvalue weighted by molar-refractivity contribution is 0.678. The minimum Gasteiger partial charge on any atom is -0.372 e. The summed E-state index contributed by atoms with van der Waals surface area (Å²) in [7, 11) is 0. The standard InChI is InChI=1S/C46H56N2/c1-5-9-31-47(32-10-6-2)43-27-19-37(20-28-43)17-23-39-25-26-40(46-36-42-16-14-13-15-41(42)35-45(39)46)24-18-38-21-29-44(30-22-38)48(33-11-7-3)34-12-8-4/h13-30,35-36H,5-12,31-34H2,1-4H3. The highest BCUT2D eigenvalue weighted by molar-refractivity contribution is 6.06. The maximum Gasteiger partial charge on any atom is 0.0366 e. The molecule has 0 aromatic heterocycles. The fourth-order valence-corrected chi connectivity index (χ4v) is 6.47. The van der Waals surface area contributed by atoms with Crippen molar-refractivity contribution in [3.05, 3.63) is 119 Å².